The first-order valence-electron chi connectivity index (χ1n) is 8.42. The van der Waals surface area contributed by atoms with Gasteiger partial charge in [-0.2, -0.15) is 0 Å². The minimum absolute atomic E-state index is 0.0973. The fourth-order valence-corrected chi connectivity index (χ4v) is 2.79. The maximum atomic E-state index is 12.3. The zero-order chi connectivity index (χ0) is 20.7. The van der Waals surface area contributed by atoms with Crippen molar-refractivity contribution < 1.29 is 14.3 Å². The average Bonchev–Trinajstić information content (AvgIpc) is 2.63. The maximum absolute atomic E-state index is 12.3. The summed E-state index contributed by atoms with van der Waals surface area (Å²) in [6, 6.07) is 11.7. The highest BCUT2D eigenvalue weighted by Gasteiger charge is 2.17. The van der Waals surface area contributed by atoms with E-state index in [4.69, 9.17) is 40.2 Å². The minimum atomic E-state index is -0.839. The first kappa shape index (κ1) is 21.9. The van der Waals surface area contributed by atoms with E-state index in [0.29, 0.717) is 33.6 Å². The van der Waals surface area contributed by atoms with Crippen molar-refractivity contribution in [3.63, 3.8) is 0 Å². The number of hydrogen-bond acceptors (Lipinski definition) is 4. The van der Waals surface area contributed by atoms with Gasteiger partial charge in [-0.1, -0.05) is 36.2 Å². The lowest BCUT2D eigenvalue weighted by Gasteiger charge is -2.17. The lowest BCUT2D eigenvalue weighted by Crippen LogP contribution is -2.42. The normalized spacial score (nSPS) is 11.3. The molecule has 0 aliphatic carbocycles. The molecular weight excluding hydrogens is 421 g/mol. The van der Waals surface area contributed by atoms with Gasteiger partial charge in [0.1, 0.15) is 5.75 Å². The zero-order valence-corrected chi connectivity index (χ0v) is 17.5. The number of ether oxygens (including phenoxy) is 1. The molecule has 28 heavy (non-hydrogen) atoms. The second kappa shape index (κ2) is 10.3. The van der Waals surface area contributed by atoms with E-state index >= 15 is 0 Å². The van der Waals surface area contributed by atoms with Crippen molar-refractivity contribution in [1.29, 1.82) is 0 Å². The van der Waals surface area contributed by atoms with Crippen LogP contribution in [0.25, 0.3) is 0 Å². The molecule has 0 spiro atoms. The summed E-state index contributed by atoms with van der Waals surface area (Å²) in [6.45, 7) is 3.34. The topological polar surface area (TPSA) is 79.5 Å². The van der Waals surface area contributed by atoms with Crippen molar-refractivity contribution in [2.24, 2.45) is 0 Å². The van der Waals surface area contributed by atoms with Crippen LogP contribution in [-0.2, 0) is 9.59 Å². The first-order chi connectivity index (χ1) is 13.3. The molecule has 0 fully saturated rings. The molecule has 2 aromatic carbocycles. The fourth-order valence-electron chi connectivity index (χ4n) is 2.11. The van der Waals surface area contributed by atoms with Gasteiger partial charge in [0.2, 0.25) is 5.91 Å². The van der Waals surface area contributed by atoms with E-state index < -0.39 is 12.0 Å². The van der Waals surface area contributed by atoms with Crippen molar-refractivity contribution in [3.8, 4) is 5.75 Å². The first-order valence-corrected chi connectivity index (χ1v) is 9.58. The van der Waals surface area contributed by atoms with Gasteiger partial charge in [0.05, 0.1) is 5.02 Å². The summed E-state index contributed by atoms with van der Waals surface area (Å²) in [5.74, 6) is -0.203. The van der Waals surface area contributed by atoms with E-state index in [1.165, 1.54) is 6.07 Å². The van der Waals surface area contributed by atoms with Gasteiger partial charge in [0.25, 0.3) is 5.91 Å². The number of halogens is 2. The second-order valence-electron chi connectivity index (χ2n) is 5.76. The van der Waals surface area contributed by atoms with Crippen LogP contribution in [0, 0.1) is 0 Å². The van der Waals surface area contributed by atoms with Crippen LogP contribution in [0.3, 0.4) is 0 Å². The molecular formula is C19H19Cl2N3O3S. The van der Waals surface area contributed by atoms with E-state index in [0.717, 1.165) is 0 Å². The third-order valence-electron chi connectivity index (χ3n) is 3.53. The molecule has 1 atom stereocenters. The van der Waals surface area contributed by atoms with E-state index in [1.807, 2.05) is 0 Å². The highest BCUT2D eigenvalue weighted by molar-refractivity contribution is 7.80. The molecule has 148 valence electrons. The zero-order valence-electron chi connectivity index (χ0n) is 15.2. The molecule has 6 nitrogen and oxygen atoms in total. The number of amides is 2. The van der Waals surface area contributed by atoms with Crippen LogP contribution in [0.5, 0.6) is 5.75 Å². The van der Waals surface area contributed by atoms with Gasteiger partial charge < -0.3 is 15.4 Å². The predicted molar refractivity (Wildman–Crippen MR) is 116 cm³/mol. The summed E-state index contributed by atoms with van der Waals surface area (Å²) in [5.41, 5.74) is 1.24. The van der Waals surface area contributed by atoms with Crippen LogP contribution in [0.4, 0.5) is 11.4 Å². The van der Waals surface area contributed by atoms with Gasteiger partial charge in [-0.15, -0.1) is 0 Å². The summed E-state index contributed by atoms with van der Waals surface area (Å²) in [5, 5.41) is 9.06. The molecule has 1 unspecified atom stereocenters. The number of nitrogens with one attached hydrogen (secondary N) is 3. The van der Waals surface area contributed by atoms with E-state index in [-0.39, 0.29) is 11.0 Å². The Labute approximate surface area is 178 Å². The van der Waals surface area contributed by atoms with Gasteiger partial charge in [0.15, 0.2) is 11.2 Å². The molecule has 0 bridgehead atoms. The number of benzene rings is 2. The fraction of sp³-hybridized carbons (Fsp3) is 0.211. The van der Waals surface area contributed by atoms with Gasteiger partial charge in [-0.3, -0.25) is 14.9 Å². The van der Waals surface area contributed by atoms with Gasteiger partial charge in [-0.05, 0) is 55.5 Å². The predicted octanol–water partition coefficient (Wildman–Crippen LogP) is 4.62. The number of carbonyl (C=O) groups is 2. The van der Waals surface area contributed by atoms with Crippen molar-refractivity contribution in [1.82, 2.24) is 5.32 Å². The summed E-state index contributed by atoms with van der Waals surface area (Å²) in [6.07, 6.45) is -0.463. The van der Waals surface area contributed by atoms with Crippen molar-refractivity contribution in [2.45, 2.75) is 26.4 Å². The second-order valence-corrected chi connectivity index (χ2v) is 7.01. The molecule has 0 radical (unpaired) electrons. The molecule has 2 rings (SSSR count). The van der Waals surface area contributed by atoms with E-state index in [2.05, 4.69) is 16.0 Å². The number of anilines is 2. The number of carbonyl (C=O) groups excluding carboxylic acids is 2. The molecule has 0 aliphatic rings. The SMILES string of the molecule is CCC(=O)Nc1cccc(NC(=S)NC(=O)C(C)Oc2ccc(Cl)cc2Cl)c1. The van der Waals surface area contributed by atoms with Crippen LogP contribution in [0.1, 0.15) is 20.3 Å². The van der Waals surface area contributed by atoms with Crippen molar-refractivity contribution in [2.75, 3.05) is 10.6 Å². The maximum Gasteiger partial charge on any atom is 0.266 e. The molecule has 0 aromatic heterocycles. The number of thiocarbonyl (C=S) groups is 1. The Kier molecular flexibility index (Phi) is 8.04. The van der Waals surface area contributed by atoms with E-state index in [1.54, 1.807) is 50.2 Å². The molecule has 0 saturated heterocycles. The Morgan fingerprint density at radius 2 is 1.79 bits per heavy atom. The quantitative estimate of drug-likeness (QED) is 0.572. The molecule has 2 aromatic rings. The molecule has 0 heterocycles. The van der Waals surface area contributed by atoms with Gasteiger partial charge in [0, 0.05) is 22.8 Å². The summed E-state index contributed by atoms with van der Waals surface area (Å²) < 4.78 is 5.55. The average molecular weight is 440 g/mol. The lowest BCUT2D eigenvalue weighted by molar-refractivity contribution is -0.125. The number of rotatable bonds is 6. The summed E-state index contributed by atoms with van der Waals surface area (Å²) in [7, 11) is 0. The minimum Gasteiger partial charge on any atom is -0.479 e. The molecule has 0 saturated carbocycles. The van der Waals surface area contributed by atoms with Gasteiger partial charge in [-0.25, -0.2) is 0 Å². The number of hydrogen-bond donors (Lipinski definition) is 3. The molecule has 3 N–H and O–H groups in total. The monoisotopic (exact) mass is 439 g/mol. The Morgan fingerprint density at radius 1 is 1.11 bits per heavy atom. The summed E-state index contributed by atoms with van der Waals surface area (Å²) in [4.78, 5) is 23.8. The largest absolute Gasteiger partial charge is 0.479 e. The smallest absolute Gasteiger partial charge is 0.266 e. The third kappa shape index (κ3) is 6.67. The van der Waals surface area contributed by atoms with Crippen LogP contribution in [-0.4, -0.2) is 23.0 Å². The summed E-state index contributed by atoms with van der Waals surface area (Å²) >= 11 is 17.0. The van der Waals surface area contributed by atoms with Crippen LogP contribution < -0.4 is 20.7 Å². The Balaban J connectivity index is 1.92. The Morgan fingerprint density at radius 3 is 2.43 bits per heavy atom. The molecule has 2 amide bonds. The Bertz CT molecular complexity index is 892. The van der Waals surface area contributed by atoms with Crippen molar-refractivity contribution in [3.05, 3.63) is 52.5 Å². The van der Waals surface area contributed by atoms with Crippen LogP contribution in [0.2, 0.25) is 10.0 Å². The molecule has 0 aliphatic heterocycles. The third-order valence-corrected chi connectivity index (χ3v) is 4.26. The molecule has 9 heteroatoms. The van der Waals surface area contributed by atoms with Gasteiger partial charge >= 0.3 is 0 Å². The highest BCUT2D eigenvalue weighted by Crippen LogP contribution is 2.28. The highest BCUT2D eigenvalue weighted by atomic mass is 35.5. The Hall–Kier alpha value is -2.35. The van der Waals surface area contributed by atoms with E-state index in [9.17, 15) is 9.59 Å². The van der Waals surface area contributed by atoms with Crippen LogP contribution >= 0.6 is 35.4 Å². The lowest BCUT2D eigenvalue weighted by atomic mass is 10.2. The van der Waals surface area contributed by atoms with Crippen molar-refractivity contribution >= 4 is 63.7 Å². The van der Waals surface area contributed by atoms with Crippen LogP contribution in [0.15, 0.2) is 42.5 Å². The standard InChI is InChI=1S/C19H19Cl2N3O3S/c1-3-17(25)22-13-5-4-6-14(10-13)23-19(28)24-18(26)11(2)27-16-8-7-12(20)9-15(16)21/h4-11H,3H2,1-2H3,(H,22,25)(H2,23,24,26,28).